The molecule has 120 valence electrons. The van der Waals surface area contributed by atoms with Crippen molar-refractivity contribution in [1.29, 1.82) is 0 Å². The third-order valence-electron chi connectivity index (χ3n) is 3.93. The Morgan fingerprint density at radius 3 is 2.92 bits per heavy atom. The Kier molecular flexibility index (Phi) is 3.42. The summed E-state index contributed by atoms with van der Waals surface area (Å²) in [5.74, 6) is 1.37. The maximum absolute atomic E-state index is 11.1. The summed E-state index contributed by atoms with van der Waals surface area (Å²) in [5.41, 5.74) is 1.74. The van der Waals surface area contributed by atoms with Crippen molar-refractivity contribution in [2.45, 2.75) is 13.5 Å². The molecule has 3 heterocycles. The molecule has 24 heavy (non-hydrogen) atoms. The Labute approximate surface area is 141 Å². The predicted octanol–water partition coefficient (Wildman–Crippen LogP) is 4.62. The highest BCUT2D eigenvalue weighted by molar-refractivity contribution is 7.13. The third-order valence-corrected chi connectivity index (χ3v) is 4.79. The Morgan fingerprint density at radius 1 is 1.29 bits per heavy atom. The van der Waals surface area contributed by atoms with E-state index in [1.165, 1.54) is 6.07 Å². The third kappa shape index (κ3) is 2.39. The molecule has 0 aliphatic rings. The summed E-state index contributed by atoms with van der Waals surface area (Å²) >= 11 is 1.58. The van der Waals surface area contributed by atoms with E-state index >= 15 is 0 Å². The van der Waals surface area contributed by atoms with Crippen molar-refractivity contribution in [1.82, 2.24) is 9.55 Å². The molecule has 0 aliphatic carbocycles. The number of aromatic nitrogens is 2. The molecule has 3 aromatic heterocycles. The van der Waals surface area contributed by atoms with Crippen LogP contribution in [-0.4, -0.2) is 14.5 Å². The number of fused-ring (bicyclic) bond motifs is 1. The van der Waals surface area contributed by atoms with Crippen LogP contribution in [0.15, 0.2) is 52.4 Å². The maximum atomic E-state index is 11.1. The molecule has 4 aromatic rings. The first kappa shape index (κ1) is 14.6. The summed E-state index contributed by atoms with van der Waals surface area (Å²) < 4.78 is 7.71. The average Bonchev–Trinajstić information content (AvgIpc) is 3.28. The maximum Gasteiger partial charge on any atom is 0.278 e. The van der Waals surface area contributed by atoms with E-state index in [1.807, 2.05) is 41.3 Å². The van der Waals surface area contributed by atoms with E-state index in [9.17, 15) is 10.1 Å². The van der Waals surface area contributed by atoms with Gasteiger partial charge in [0.15, 0.2) is 0 Å². The zero-order valence-corrected chi connectivity index (χ0v) is 13.6. The predicted molar refractivity (Wildman–Crippen MR) is 92.2 cm³/mol. The summed E-state index contributed by atoms with van der Waals surface area (Å²) in [5, 5.41) is 13.7. The fourth-order valence-electron chi connectivity index (χ4n) is 2.75. The minimum absolute atomic E-state index is 0.113. The van der Waals surface area contributed by atoms with Gasteiger partial charge in [0.1, 0.15) is 11.5 Å². The second kappa shape index (κ2) is 5.61. The van der Waals surface area contributed by atoms with Crippen LogP contribution >= 0.6 is 11.3 Å². The van der Waals surface area contributed by atoms with Gasteiger partial charge in [-0.1, -0.05) is 12.1 Å². The second-order valence-corrected chi connectivity index (χ2v) is 6.36. The molecule has 0 amide bonds. The Morgan fingerprint density at radius 2 is 2.17 bits per heavy atom. The van der Waals surface area contributed by atoms with Gasteiger partial charge < -0.3 is 8.98 Å². The number of aryl methyl sites for hydroxylation is 1. The van der Waals surface area contributed by atoms with Gasteiger partial charge in [-0.05, 0) is 30.5 Å². The Balaban J connectivity index is 1.73. The highest BCUT2D eigenvalue weighted by Gasteiger charge is 2.16. The lowest BCUT2D eigenvalue weighted by Gasteiger charge is -2.03. The number of nitrogens with zero attached hydrogens (tertiary/aromatic N) is 3. The number of hydrogen-bond acceptors (Lipinski definition) is 5. The van der Waals surface area contributed by atoms with E-state index in [0.29, 0.717) is 17.8 Å². The largest absolute Gasteiger partial charge is 0.440 e. The van der Waals surface area contributed by atoms with E-state index < -0.39 is 0 Å². The fourth-order valence-corrected chi connectivity index (χ4v) is 3.40. The van der Waals surface area contributed by atoms with Crippen molar-refractivity contribution in [2.75, 3.05) is 0 Å². The molecular weight excluding hydrogens is 326 g/mol. The van der Waals surface area contributed by atoms with Gasteiger partial charge in [-0.2, -0.15) is 0 Å². The van der Waals surface area contributed by atoms with E-state index in [-0.39, 0.29) is 10.6 Å². The number of nitro benzene ring substituents is 1. The number of oxazole rings is 1. The lowest BCUT2D eigenvalue weighted by atomic mass is 10.2. The first-order chi connectivity index (χ1) is 11.6. The molecule has 4 rings (SSSR count). The van der Waals surface area contributed by atoms with Gasteiger partial charge in [-0.15, -0.1) is 11.3 Å². The van der Waals surface area contributed by atoms with Gasteiger partial charge in [-0.3, -0.25) is 10.1 Å². The summed E-state index contributed by atoms with van der Waals surface area (Å²) in [7, 11) is 0. The lowest BCUT2D eigenvalue weighted by molar-refractivity contribution is -0.383. The van der Waals surface area contributed by atoms with Gasteiger partial charge in [0.25, 0.3) is 5.69 Å². The molecule has 0 saturated carbocycles. The van der Waals surface area contributed by atoms with Crippen LogP contribution in [0, 0.1) is 17.0 Å². The molecule has 0 saturated heterocycles. The molecule has 0 bridgehead atoms. The van der Waals surface area contributed by atoms with Crippen LogP contribution < -0.4 is 0 Å². The lowest BCUT2D eigenvalue weighted by Crippen LogP contribution is -2.00. The fraction of sp³-hybridized carbons (Fsp3) is 0.118. The molecule has 0 radical (unpaired) electrons. The molecule has 1 aromatic carbocycles. The number of thiophene rings is 1. The first-order valence-corrected chi connectivity index (χ1v) is 8.24. The summed E-state index contributed by atoms with van der Waals surface area (Å²) in [6.07, 6.45) is 1.84. The summed E-state index contributed by atoms with van der Waals surface area (Å²) in [4.78, 5) is 16.3. The van der Waals surface area contributed by atoms with Crippen LogP contribution in [0.25, 0.3) is 21.7 Å². The van der Waals surface area contributed by atoms with Crippen LogP contribution in [0.1, 0.15) is 11.5 Å². The van der Waals surface area contributed by atoms with E-state index in [2.05, 4.69) is 4.98 Å². The highest BCUT2D eigenvalue weighted by Crippen LogP contribution is 2.29. The van der Waals surface area contributed by atoms with Crippen molar-refractivity contribution in [3.8, 4) is 10.8 Å². The van der Waals surface area contributed by atoms with Crippen LogP contribution in [0.4, 0.5) is 5.69 Å². The first-order valence-electron chi connectivity index (χ1n) is 7.36. The summed E-state index contributed by atoms with van der Waals surface area (Å²) in [6.45, 7) is 2.39. The Hall–Kier alpha value is -2.93. The minimum Gasteiger partial charge on any atom is -0.440 e. The summed E-state index contributed by atoms with van der Waals surface area (Å²) in [6, 6.07) is 10.8. The van der Waals surface area contributed by atoms with Crippen LogP contribution in [-0.2, 0) is 6.54 Å². The van der Waals surface area contributed by atoms with Crippen molar-refractivity contribution in [3.63, 3.8) is 0 Å². The van der Waals surface area contributed by atoms with Gasteiger partial charge in [-0.25, -0.2) is 4.98 Å². The molecule has 0 unspecified atom stereocenters. The smallest absolute Gasteiger partial charge is 0.278 e. The molecule has 0 fully saturated rings. The van der Waals surface area contributed by atoms with E-state index in [4.69, 9.17) is 4.42 Å². The quantitative estimate of drug-likeness (QED) is 0.401. The molecule has 0 spiro atoms. The Bertz CT molecular complexity index is 1030. The zero-order valence-electron chi connectivity index (χ0n) is 12.8. The molecule has 7 heteroatoms. The van der Waals surface area contributed by atoms with Crippen molar-refractivity contribution in [3.05, 3.63) is 69.5 Å². The molecule has 6 nitrogen and oxygen atoms in total. The van der Waals surface area contributed by atoms with Crippen LogP contribution in [0.2, 0.25) is 0 Å². The standard InChI is InChI=1S/C17H13N3O3S/c1-11-13(18-17(23-11)16-6-3-9-24-16)10-19-8-7-12-14(19)4-2-5-15(12)20(21)22/h2-9H,10H2,1H3. The van der Waals surface area contributed by atoms with Gasteiger partial charge in [0.05, 0.1) is 27.2 Å². The molecular formula is C17H13N3O3S. The van der Waals surface area contributed by atoms with Gasteiger partial charge in [0, 0.05) is 12.3 Å². The number of non-ortho nitro benzene ring substituents is 1. The monoisotopic (exact) mass is 339 g/mol. The number of nitro groups is 1. The van der Waals surface area contributed by atoms with Crippen LogP contribution in [0.3, 0.4) is 0 Å². The van der Waals surface area contributed by atoms with Crippen molar-refractivity contribution >= 4 is 27.9 Å². The molecule has 0 aliphatic heterocycles. The van der Waals surface area contributed by atoms with Crippen LogP contribution in [0.5, 0.6) is 0 Å². The normalized spacial score (nSPS) is 11.2. The van der Waals surface area contributed by atoms with E-state index in [1.54, 1.807) is 23.5 Å². The number of hydrogen-bond donors (Lipinski definition) is 0. The van der Waals surface area contributed by atoms with Crippen molar-refractivity contribution in [2.24, 2.45) is 0 Å². The van der Waals surface area contributed by atoms with Gasteiger partial charge >= 0.3 is 0 Å². The SMILES string of the molecule is Cc1oc(-c2cccs2)nc1Cn1ccc2c([N+](=O)[O-])cccc21. The molecule has 0 N–H and O–H groups in total. The minimum atomic E-state index is -0.358. The van der Waals surface area contributed by atoms with Gasteiger partial charge in [0.2, 0.25) is 5.89 Å². The second-order valence-electron chi connectivity index (χ2n) is 5.41. The number of rotatable bonds is 4. The number of benzene rings is 1. The highest BCUT2D eigenvalue weighted by atomic mass is 32.1. The average molecular weight is 339 g/mol. The van der Waals surface area contributed by atoms with Crippen molar-refractivity contribution < 1.29 is 9.34 Å². The van der Waals surface area contributed by atoms with E-state index in [0.717, 1.165) is 21.8 Å². The molecule has 0 atom stereocenters. The zero-order chi connectivity index (χ0) is 16.7. The topological polar surface area (TPSA) is 74.1 Å².